The van der Waals surface area contributed by atoms with Crippen LogP contribution in [0.25, 0.3) is 0 Å². The lowest BCUT2D eigenvalue weighted by molar-refractivity contribution is -0.142. The fourth-order valence-electron chi connectivity index (χ4n) is 2.11. The summed E-state index contributed by atoms with van der Waals surface area (Å²) in [4.78, 5) is 22.5. The third-order valence-corrected chi connectivity index (χ3v) is 3.12. The van der Waals surface area contributed by atoms with Crippen LogP contribution in [0.1, 0.15) is 18.9 Å². The summed E-state index contributed by atoms with van der Waals surface area (Å²) in [6, 6.07) is 7.39. The standard InChI is InChI=1S/C14H17NO5/c1-14(19,7-12(16)17)8-15-13(18)11-6-9-4-2-3-5-10(9)20-11/h2-5,11,19H,6-8H2,1H3,(H,15,18)(H,16,17). The second-order valence-electron chi connectivity index (χ2n) is 5.20. The maximum absolute atomic E-state index is 12.0. The zero-order valence-electron chi connectivity index (χ0n) is 11.1. The van der Waals surface area contributed by atoms with E-state index < -0.39 is 24.1 Å². The molecule has 2 unspecified atom stereocenters. The van der Waals surface area contributed by atoms with Gasteiger partial charge in [-0.2, -0.15) is 0 Å². The van der Waals surface area contributed by atoms with E-state index in [1.54, 1.807) is 6.07 Å². The Bertz CT molecular complexity index is 501. The lowest BCUT2D eigenvalue weighted by Crippen LogP contribution is -2.46. The molecule has 108 valence electrons. The number of ether oxygens (including phenoxy) is 1. The highest BCUT2D eigenvalue weighted by Gasteiger charge is 2.31. The molecule has 20 heavy (non-hydrogen) atoms. The SMILES string of the molecule is CC(O)(CNC(=O)C1Cc2ccccc2O1)CC(=O)O. The molecule has 1 aliphatic heterocycles. The highest BCUT2D eigenvalue weighted by atomic mass is 16.5. The Balaban J connectivity index is 1.87. The minimum absolute atomic E-state index is 0.131. The molecule has 6 nitrogen and oxygen atoms in total. The van der Waals surface area contributed by atoms with E-state index in [4.69, 9.17) is 9.84 Å². The second-order valence-corrected chi connectivity index (χ2v) is 5.20. The number of hydrogen-bond acceptors (Lipinski definition) is 4. The van der Waals surface area contributed by atoms with Crippen molar-refractivity contribution in [2.75, 3.05) is 6.54 Å². The van der Waals surface area contributed by atoms with E-state index in [1.165, 1.54) is 6.92 Å². The summed E-state index contributed by atoms with van der Waals surface area (Å²) >= 11 is 0. The lowest BCUT2D eigenvalue weighted by Gasteiger charge is -2.22. The van der Waals surface area contributed by atoms with Gasteiger partial charge in [-0.15, -0.1) is 0 Å². The number of rotatable bonds is 5. The van der Waals surface area contributed by atoms with Crippen LogP contribution in [-0.2, 0) is 16.0 Å². The Morgan fingerprint density at radius 2 is 2.15 bits per heavy atom. The van der Waals surface area contributed by atoms with Crippen molar-refractivity contribution in [3.8, 4) is 5.75 Å². The minimum Gasteiger partial charge on any atom is -0.481 e. The average Bonchev–Trinajstić information content (AvgIpc) is 2.78. The number of fused-ring (bicyclic) bond motifs is 1. The van der Waals surface area contributed by atoms with Crippen molar-refractivity contribution in [2.45, 2.75) is 31.5 Å². The third kappa shape index (κ3) is 3.48. The van der Waals surface area contributed by atoms with Gasteiger partial charge in [0.25, 0.3) is 5.91 Å². The number of carbonyl (C=O) groups is 2. The summed E-state index contributed by atoms with van der Waals surface area (Å²) in [6.07, 6.45) is -0.588. The van der Waals surface area contributed by atoms with Crippen LogP contribution in [0.15, 0.2) is 24.3 Å². The average molecular weight is 279 g/mol. The predicted octanol–water partition coefficient (Wildman–Crippen LogP) is 0.332. The van der Waals surface area contributed by atoms with Gasteiger partial charge in [0.15, 0.2) is 6.10 Å². The van der Waals surface area contributed by atoms with Crippen molar-refractivity contribution in [3.05, 3.63) is 29.8 Å². The van der Waals surface area contributed by atoms with Gasteiger partial charge in [-0.25, -0.2) is 0 Å². The highest BCUT2D eigenvalue weighted by Crippen LogP contribution is 2.28. The van der Waals surface area contributed by atoms with Gasteiger partial charge in [-0.05, 0) is 18.6 Å². The molecular formula is C14H17NO5. The fraction of sp³-hybridized carbons (Fsp3) is 0.429. The van der Waals surface area contributed by atoms with Gasteiger partial charge in [0, 0.05) is 13.0 Å². The minimum atomic E-state index is -1.48. The molecule has 0 saturated heterocycles. The molecule has 0 saturated carbocycles. The summed E-state index contributed by atoms with van der Waals surface area (Å²) in [5.41, 5.74) is -0.516. The van der Waals surface area contributed by atoms with Crippen molar-refractivity contribution in [1.82, 2.24) is 5.32 Å². The monoisotopic (exact) mass is 279 g/mol. The third-order valence-electron chi connectivity index (χ3n) is 3.12. The normalized spacial score (nSPS) is 19.6. The van der Waals surface area contributed by atoms with Gasteiger partial charge in [0.2, 0.25) is 0 Å². The largest absolute Gasteiger partial charge is 0.481 e. The molecule has 0 bridgehead atoms. The van der Waals surface area contributed by atoms with E-state index in [2.05, 4.69) is 5.32 Å². The van der Waals surface area contributed by atoms with Crippen molar-refractivity contribution in [2.24, 2.45) is 0 Å². The summed E-state index contributed by atoms with van der Waals surface area (Å²) in [6.45, 7) is 1.24. The molecule has 2 rings (SSSR count). The maximum atomic E-state index is 12.0. The van der Waals surface area contributed by atoms with Crippen LogP contribution in [0.3, 0.4) is 0 Å². The Labute approximate surface area is 116 Å². The molecular weight excluding hydrogens is 262 g/mol. The second kappa shape index (κ2) is 5.50. The van der Waals surface area contributed by atoms with Crippen LogP contribution >= 0.6 is 0 Å². The summed E-state index contributed by atoms with van der Waals surface area (Å²) < 4.78 is 5.51. The summed E-state index contributed by atoms with van der Waals surface area (Å²) in [5.74, 6) is -0.786. The number of aliphatic carboxylic acids is 1. The van der Waals surface area contributed by atoms with Gasteiger partial charge in [-0.3, -0.25) is 9.59 Å². The zero-order chi connectivity index (χ0) is 14.8. The topological polar surface area (TPSA) is 95.9 Å². The molecule has 0 radical (unpaired) electrons. The van der Waals surface area contributed by atoms with Crippen molar-refractivity contribution in [1.29, 1.82) is 0 Å². The summed E-state index contributed by atoms with van der Waals surface area (Å²) in [5, 5.41) is 21.0. The first kappa shape index (κ1) is 14.3. The van der Waals surface area contributed by atoms with E-state index in [0.29, 0.717) is 12.2 Å². The van der Waals surface area contributed by atoms with Gasteiger partial charge in [0.1, 0.15) is 5.75 Å². The van der Waals surface area contributed by atoms with Crippen LogP contribution in [0.2, 0.25) is 0 Å². The molecule has 1 aromatic rings. The van der Waals surface area contributed by atoms with E-state index in [0.717, 1.165) is 5.56 Å². The predicted molar refractivity (Wildman–Crippen MR) is 70.4 cm³/mol. The van der Waals surface area contributed by atoms with Crippen molar-refractivity contribution in [3.63, 3.8) is 0 Å². The first-order chi connectivity index (χ1) is 9.37. The van der Waals surface area contributed by atoms with E-state index in [1.807, 2.05) is 18.2 Å². The quantitative estimate of drug-likeness (QED) is 0.722. The first-order valence-corrected chi connectivity index (χ1v) is 6.34. The molecule has 6 heteroatoms. The number of para-hydroxylation sites is 1. The van der Waals surface area contributed by atoms with Gasteiger partial charge in [-0.1, -0.05) is 18.2 Å². The lowest BCUT2D eigenvalue weighted by atomic mass is 10.0. The molecule has 0 aliphatic carbocycles. The number of amides is 1. The van der Waals surface area contributed by atoms with E-state index >= 15 is 0 Å². The summed E-state index contributed by atoms with van der Waals surface area (Å²) in [7, 11) is 0. The first-order valence-electron chi connectivity index (χ1n) is 6.34. The van der Waals surface area contributed by atoms with Crippen LogP contribution in [-0.4, -0.2) is 40.3 Å². The molecule has 3 N–H and O–H groups in total. The van der Waals surface area contributed by atoms with Crippen LogP contribution in [0.4, 0.5) is 0 Å². The Kier molecular flexibility index (Phi) is 3.94. The van der Waals surface area contributed by atoms with Crippen LogP contribution < -0.4 is 10.1 Å². The Hall–Kier alpha value is -2.08. The molecule has 1 aromatic carbocycles. The number of carboxylic acids is 1. The molecule has 1 aliphatic rings. The van der Waals surface area contributed by atoms with Gasteiger partial charge in [0.05, 0.1) is 12.0 Å². The van der Waals surface area contributed by atoms with E-state index in [-0.39, 0.29) is 12.5 Å². The number of carbonyl (C=O) groups excluding carboxylic acids is 1. The number of benzene rings is 1. The highest BCUT2D eigenvalue weighted by molar-refractivity contribution is 5.82. The number of nitrogens with one attached hydrogen (secondary N) is 1. The Morgan fingerprint density at radius 1 is 1.45 bits per heavy atom. The maximum Gasteiger partial charge on any atom is 0.306 e. The van der Waals surface area contributed by atoms with E-state index in [9.17, 15) is 14.7 Å². The fourth-order valence-corrected chi connectivity index (χ4v) is 2.11. The van der Waals surface area contributed by atoms with Crippen LogP contribution in [0.5, 0.6) is 5.75 Å². The molecule has 0 aromatic heterocycles. The van der Waals surface area contributed by atoms with Gasteiger partial charge < -0.3 is 20.3 Å². The molecule has 0 spiro atoms. The van der Waals surface area contributed by atoms with Crippen LogP contribution in [0, 0.1) is 0 Å². The molecule has 0 fully saturated rings. The Morgan fingerprint density at radius 3 is 2.80 bits per heavy atom. The zero-order valence-corrected chi connectivity index (χ0v) is 11.1. The van der Waals surface area contributed by atoms with Crippen molar-refractivity contribution >= 4 is 11.9 Å². The van der Waals surface area contributed by atoms with Gasteiger partial charge >= 0.3 is 5.97 Å². The molecule has 2 atom stereocenters. The molecule has 1 heterocycles. The smallest absolute Gasteiger partial charge is 0.306 e. The molecule has 1 amide bonds. The van der Waals surface area contributed by atoms with Crippen molar-refractivity contribution < 1.29 is 24.5 Å². The number of carboxylic acid groups (broad SMARTS) is 1. The number of hydrogen-bond donors (Lipinski definition) is 3. The number of aliphatic hydroxyl groups is 1.